The van der Waals surface area contributed by atoms with Gasteiger partial charge in [-0.2, -0.15) is 0 Å². The molecule has 0 aliphatic heterocycles. The van der Waals surface area contributed by atoms with Crippen LogP contribution in [0.4, 0.5) is 0 Å². The topological polar surface area (TPSA) is 12.0 Å². The van der Waals surface area contributed by atoms with Gasteiger partial charge in [-0.15, -0.1) is 0 Å². The SMILES string of the molecule is CCCNC1CCCCCC1Cc1ccc(C)cc1Cl. The van der Waals surface area contributed by atoms with Crippen LogP contribution in [-0.4, -0.2) is 12.6 Å². The number of hydrogen-bond acceptors (Lipinski definition) is 1. The molecule has 1 aliphatic carbocycles. The molecule has 1 nitrogen and oxygen atoms in total. The summed E-state index contributed by atoms with van der Waals surface area (Å²) in [4.78, 5) is 0. The standard InChI is InChI=1S/C18H28ClN/c1-3-11-20-18-8-6-4-5-7-16(18)13-15-10-9-14(2)12-17(15)19/h9-10,12,16,18,20H,3-8,11,13H2,1-2H3. The van der Waals surface area contributed by atoms with Crippen molar-refractivity contribution in [1.82, 2.24) is 5.32 Å². The van der Waals surface area contributed by atoms with Crippen LogP contribution in [0.5, 0.6) is 0 Å². The van der Waals surface area contributed by atoms with Crippen molar-refractivity contribution >= 4 is 11.6 Å². The Bertz CT molecular complexity index is 416. The third-order valence-corrected chi connectivity index (χ3v) is 4.86. The summed E-state index contributed by atoms with van der Waals surface area (Å²) < 4.78 is 0. The lowest BCUT2D eigenvalue weighted by Crippen LogP contribution is -2.37. The van der Waals surface area contributed by atoms with Crippen molar-refractivity contribution in [3.05, 3.63) is 34.3 Å². The molecule has 0 amide bonds. The zero-order valence-electron chi connectivity index (χ0n) is 12.9. The maximum atomic E-state index is 6.42. The molecule has 2 unspecified atom stereocenters. The first-order chi connectivity index (χ1) is 9.70. The average Bonchev–Trinajstić information content (AvgIpc) is 2.65. The second-order valence-corrected chi connectivity index (χ2v) is 6.66. The zero-order valence-corrected chi connectivity index (χ0v) is 13.7. The van der Waals surface area contributed by atoms with Crippen LogP contribution in [-0.2, 0) is 6.42 Å². The maximum Gasteiger partial charge on any atom is 0.0440 e. The molecule has 0 heterocycles. The smallest absolute Gasteiger partial charge is 0.0440 e. The summed E-state index contributed by atoms with van der Waals surface area (Å²) in [6.45, 7) is 5.49. The van der Waals surface area contributed by atoms with Gasteiger partial charge in [-0.1, -0.05) is 49.9 Å². The predicted octanol–water partition coefficient (Wildman–Crippen LogP) is 5.14. The molecule has 0 spiro atoms. The highest BCUT2D eigenvalue weighted by Crippen LogP contribution is 2.29. The number of aryl methyl sites for hydroxylation is 1. The highest BCUT2D eigenvalue weighted by atomic mass is 35.5. The van der Waals surface area contributed by atoms with Gasteiger partial charge in [0.25, 0.3) is 0 Å². The average molecular weight is 294 g/mol. The summed E-state index contributed by atoms with van der Waals surface area (Å²) in [7, 11) is 0. The van der Waals surface area contributed by atoms with Crippen molar-refractivity contribution in [1.29, 1.82) is 0 Å². The van der Waals surface area contributed by atoms with Crippen molar-refractivity contribution in [3.8, 4) is 0 Å². The largest absolute Gasteiger partial charge is 0.314 e. The summed E-state index contributed by atoms with van der Waals surface area (Å²) in [6, 6.07) is 7.18. The third-order valence-electron chi connectivity index (χ3n) is 4.51. The zero-order chi connectivity index (χ0) is 14.4. The van der Waals surface area contributed by atoms with Gasteiger partial charge >= 0.3 is 0 Å². The lowest BCUT2D eigenvalue weighted by Gasteiger charge is -2.27. The molecule has 0 aromatic heterocycles. The van der Waals surface area contributed by atoms with Gasteiger partial charge in [0, 0.05) is 11.1 Å². The third kappa shape index (κ3) is 4.49. The molecule has 112 valence electrons. The molecular weight excluding hydrogens is 266 g/mol. The summed E-state index contributed by atoms with van der Waals surface area (Å²) in [5, 5.41) is 4.72. The molecule has 0 bridgehead atoms. The fraction of sp³-hybridized carbons (Fsp3) is 0.667. The van der Waals surface area contributed by atoms with E-state index in [9.17, 15) is 0 Å². The van der Waals surface area contributed by atoms with E-state index in [-0.39, 0.29) is 0 Å². The van der Waals surface area contributed by atoms with Crippen molar-refractivity contribution in [2.45, 2.75) is 64.8 Å². The van der Waals surface area contributed by atoms with Crippen molar-refractivity contribution in [2.24, 2.45) is 5.92 Å². The molecule has 1 aromatic rings. The van der Waals surface area contributed by atoms with Crippen LogP contribution in [0.2, 0.25) is 5.02 Å². The summed E-state index contributed by atoms with van der Waals surface area (Å²) in [5.74, 6) is 0.740. The highest BCUT2D eigenvalue weighted by Gasteiger charge is 2.23. The van der Waals surface area contributed by atoms with E-state index in [1.165, 1.54) is 49.7 Å². The molecule has 1 N–H and O–H groups in total. The molecular formula is C18H28ClN. The van der Waals surface area contributed by atoms with E-state index in [1.54, 1.807) is 0 Å². The van der Waals surface area contributed by atoms with Crippen LogP contribution < -0.4 is 5.32 Å². The van der Waals surface area contributed by atoms with Crippen molar-refractivity contribution in [3.63, 3.8) is 0 Å². The Morgan fingerprint density at radius 2 is 2.00 bits per heavy atom. The minimum atomic E-state index is 0.676. The fourth-order valence-corrected chi connectivity index (χ4v) is 3.64. The van der Waals surface area contributed by atoms with E-state index in [0.717, 1.165) is 23.9 Å². The molecule has 1 saturated carbocycles. The highest BCUT2D eigenvalue weighted by molar-refractivity contribution is 6.31. The molecule has 20 heavy (non-hydrogen) atoms. The minimum absolute atomic E-state index is 0.676. The Morgan fingerprint density at radius 3 is 2.75 bits per heavy atom. The first-order valence-electron chi connectivity index (χ1n) is 8.19. The molecule has 1 fully saturated rings. The Balaban J connectivity index is 2.06. The normalized spacial score (nSPS) is 23.6. The second kappa shape index (κ2) is 8.05. The Hall–Kier alpha value is -0.530. The lowest BCUT2D eigenvalue weighted by molar-refractivity contribution is 0.332. The minimum Gasteiger partial charge on any atom is -0.314 e. The summed E-state index contributed by atoms with van der Waals surface area (Å²) >= 11 is 6.42. The van der Waals surface area contributed by atoms with Gasteiger partial charge in [-0.05, 0) is 62.3 Å². The predicted molar refractivity (Wildman–Crippen MR) is 88.5 cm³/mol. The van der Waals surface area contributed by atoms with E-state index < -0.39 is 0 Å². The lowest BCUT2D eigenvalue weighted by atomic mass is 9.88. The molecule has 2 heteroatoms. The monoisotopic (exact) mass is 293 g/mol. The quantitative estimate of drug-likeness (QED) is 0.741. The van der Waals surface area contributed by atoms with E-state index >= 15 is 0 Å². The van der Waals surface area contributed by atoms with E-state index in [0.29, 0.717) is 6.04 Å². The van der Waals surface area contributed by atoms with Crippen LogP contribution in [0, 0.1) is 12.8 Å². The molecule has 2 rings (SSSR count). The number of nitrogens with one attached hydrogen (secondary N) is 1. The summed E-state index contributed by atoms with van der Waals surface area (Å²) in [5.41, 5.74) is 2.58. The van der Waals surface area contributed by atoms with Gasteiger partial charge in [0.05, 0.1) is 0 Å². The van der Waals surface area contributed by atoms with Crippen molar-refractivity contribution in [2.75, 3.05) is 6.54 Å². The fourth-order valence-electron chi connectivity index (χ4n) is 3.33. The van der Waals surface area contributed by atoms with Crippen LogP contribution in [0.25, 0.3) is 0 Å². The molecule has 1 aliphatic rings. The number of hydrogen-bond donors (Lipinski definition) is 1. The number of halogens is 1. The Kier molecular flexibility index (Phi) is 6.38. The molecule has 0 radical (unpaired) electrons. The van der Waals surface area contributed by atoms with Crippen LogP contribution in [0.15, 0.2) is 18.2 Å². The van der Waals surface area contributed by atoms with E-state index in [2.05, 4.69) is 37.4 Å². The van der Waals surface area contributed by atoms with Gasteiger partial charge in [-0.3, -0.25) is 0 Å². The number of benzene rings is 1. The van der Waals surface area contributed by atoms with Crippen molar-refractivity contribution < 1.29 is 0 Å². The van der Waals surface area contributed by atoms with Crippen LogP contribution in [0.1, 0.15) is 56.6 Å². The molecule has 1 aromatic carbocycles. The molecule has 0 saturated heterocycles. The van der Waals surface area contributed by atoms with Gasteiger partial charge in [0.15, 0.2) is 0 Å². The van der Waals surface area contributed by atoms with Gasteiger partial charge < -0.3 is 5.32 Å². The summed E-state index contributed by atoms with van der Waals surface area (Å²) in [6.07, 6.45) is 9.15. The van der Waals surface area contributed by atoms with E-state index in [1.807, 2.05) is 0 Å². The molecule has 2 atom stereocenters. The van der Waals surface area contributed by atoms with Gasteiger partial charge in [0.1, 0.15) is 0 Å². The van der Waals surface area contributed by atoms with Gasteiger partial charge in [0.2, 0.25) is 0 Å². The van der Waals surface area contributed by atoms with E-state index in [4.69, 9.17) is 11.6 Å². The van der Waals surface area contributed by atoms with Gasteiger partial charge in [-0.25, -0.2) is 0 Å². The van der Waals surface area contributed by atoms with Crippen LogP contribution in [0.3, 0.4) is 0 Å². The second-order valence-electron chi connectivity index (χ2n) is 6.26. The first kappa shape index (κ1) is 15.9. The Morgan fingerprint density at radius 1 is 1.20 bits per heavy atom. The first-order valence-corrected chi connectivity index (χ1v) is 8.57. The number of rotatable bonds is 5. The van der Waals surface area contributed by atoms with Crippen LogP contribution >= 0.6 is 11.6 Å². The Labute approximate surface area is 129 Å². The maximum absolute atomic E-state index is 6.42.